The highest BCUT2D eigenvalue weighted by Crippen LogP contribution is 1.93. The molecule has 0 bridgehead atoms. The number of aliphatic carboxylic acids is 1. The Labute approximate surface area is 106 Å². The number of nitrogens with two attached hydrogens (primary N) is 1. The lowest BCUT2D eigenvalue weighted by molar-refractivity contribution is -0.145. The molecule has 0 saturated carbocycles. The van der Waals surface area contributed by atoms with Crippen LogP contribution in [-0.2, 0) is 14.4 Å². The Balaban J connectivity index is 4.39. The first-order valence-electron chi connectivity index (χ1n) is 5.55. The number of rotatable bonds is 8. The molecule has 8 heteroatoms. The van der Waals surface area contributed by atoms with E-state index in [4.69, 9.17) is 10.8 Å². The Morgan fingerprint density at radius 3 is 2.39 bits per heavy atom. The summed E-state index contributed by atoms with van der Waals surface area (Å²) in [5, 5.41) is 11.0. The van der Waals surface area contributed by atoms with Crippen molar-refractivity contribution in [1.29, 1.82) is 0 Å². The Hall–Kier alpha value is -1.67. The number of amides is 2. The third-order valence-electron chi connectivity index (χ3n) is 2.25. The summed E-state index contributed by atoms with van der Waals surface area (Å²) in [6, 6.07) is 0. The van der Waals surface area contributed by atoms with E-state index in [2.05, 4.69) is 5.32 Å². The monoisotopic (exact) mass is 260 g/mol. The van der Waals surface area contributed by atoms with Crippen LogP contribution >= 0.6 is 0 Å². The third kappa shape index (κ3) is 6.81. The molecule has 0 heterocycles. The maximum Gasteiger partial charge on any atom is 0.323 e. The molecule has 0 aromatic carbocycles. The normalized spacial score (nSPS) is 10.2. The highest BCUT2D eigenvalue weighted by atomic mass is 16.4. The minimum atomic E-state index is -1.10. The fourth-order valence-corrected chi connectivity index (χ4v) is 1.13. The van der Waals surface area contributed by atoms with E-state index < -0.39 is 24.3 Å². The fraction of sp³-hybridized carbons (Fsp3) is 0.700. The molecule has 104 valence electrons. The zero-order valence-corrected chi connectivity index (χ0v) is 10.7. The average Bonchev–Trinajstić information content (AvgIpc) is 2.33. The molecular weight excluding hydrogens is 240 g/mol. The molecule has 0 spiro atoms. The van der Waals surface area contributed by atoms with Gasteiger partial charge in [0.15, 0.2) is 0 Å². The molecule has 0 atom stereocenters. The third-order valence-corrected chi connectivity index (χ3v) is 2.25. The van der Waals surface area contributed by atoms with Gasteiger partial charge >= 0.3 is 5.97 Å². The van der Waals surface area contributed by atoms with Crippen molar-refractivity contribution in [1.82, 2.24) is 15.1 Å². The number of hydrogen-bond acceptors (Lipinski definition) is 5. The minimum Gasteiger partial charge on any atom is -0.480 e. The molecule has 0 rings (SSSR count). The minimum absolute atomic E-state index is 0.195. The number of nitrogens with one attached hydrogen (secondary N) is 1. The molecule has 0 aromatic heterocycles. The molecule has 8 nitrogen and oxygen atoms in total. The van der Waals surface area contributed by atoms with Gasteiger partial charge in [0.05, 0.1) is 19.8 Å². The maximum atomic E-state index is 11.7. The van der Waals surface area contributed by atoms with Crippen LogP contribution in [0.4, 0.5) is 0 Å². The van der Waals surface area contributed by atoms with Gasteiger partial charge in [0.2, 0.25) is 11.8 Å². The van der Waals surface area contributed by atoms with Gasteiger partial charge in [-0.25, -0.2) is 0 Å². The van der Waals surface area contributed by atoms with Crippen molar-refractivity contribution in [2.45, 2.75) is 6.92 Å². The van der Waals surface area contributed by atoms with Crippen molar-refractivity contribution in [3.8, 4) is 0 Å². The summed E-state index contributed by atoms with van der Waals surface area (Å²) in [6.45, 7) is 1.90. The molecule has 4 N–H and O–H groups in total. The SMILES string of the molecule is CCN(C)CN(CC(=O)O)C(=O)CNC(=O)CN. The van der Waals surface area contributed by atoms with Gasteiger partial charge in [0.25, 0.3) is 0 Å². The molecule has 2 amide bonds. The van der Waals surface area contributed by atoms with Gasteiger partial charge in [-0.15, -0.1) is 0 Å². The summed E-state index contributed by atoms with van der Waals surface area (Å²) in [5.41, 5.74) is 5.08. The summed E-state index contributed by atoms with van der Waals surface area (Å²) < 4.78 is 0. The van der Waals surface area contributed by atoms with Gasteiger partial charge in [-0.05, 0) is 13.6 Å². The quantitative estimate of drug-likeness (QED) is 0.430. The van der Waals surface area contributed by atoms with Crippen LogP contribution in [0.15, 0.2) is 0 Å². The molecule has 0 saturated heterocycles. The van der Waals surface area contributed by atoms with Gasteiger partial charge < -0.3 is 21.1 Å². The van der Waals surface area contributed by atoms with Crippen molar-refractivity contribution in [3.05, 3.63) is 0 Å². The highest BCUT2D eigenvalue weighted by molar-refractivity contribution is 5.87. The van der Waals surface area contributed by atoms with Gasteiger partial charge in [0.1, 0.15) is 6.54 Å². The Morgan fingerprint density at radius 2 is 1.94 bits per heavy atom. The lowest BCUT2D eigenvalue weighted by Crippen LogP contribution is -2.47. The predicted molar refractivity (Wildman–Crippen MR) is 64.6 cm³/mol. The van der Waals surface area contributed by atoms with E-state index in [0.717, 1.165) is 4.90 Å². The molecule has 0 fully saturated rings. The van der Waals surface area contributed by atoms with Gasteiger partial charge in [-0.3, -0.25) is 19.3 Å². The Kier molecular flexibility index (Phi) is 7.64. The first-order valence-corrected chi connectivity index (χ1v) is 5.55. The summed E-state index contributed by atoms with van der Waals surface area (Å²) in [4.78, 5) is 36.2. The number of carbonyl (C=O) groups excluding carboxylic acids is 2. The Bertz CT molecular complexity index is 308. The number of carbonyl (C=O) groups is 3. The number of nitrogens with zero attached hydrogens (tertiary/aromatic N) is 2. The van der Waals surface area contributed by atoms with Crippen molar-refractivity contribution >= 4 is 17.8 Å². The zero-order valence-electron chi connectivity index (χ0n) is 10.7. The van der Waals surface area contributed by atoms with Crippen molar-refractivity contribution in [2.75, 3.05) is 39.9 Å². The number of carboxylic acid groups (broad SMARTS) is 1. The van der Waals surface area contributed by atoms with Crippen LogP contribution in [0.3, 0.4) is 0 Å². The van der Waals surface area contributed by atoms with Crippen LogP contribution < -0.4 is 11.1 Å². The predicted octanol–water partition coefficient (Wildman–Crippen LogP) is -2.12. The fourth-order valence-electron chi connectivity index (χ4n) is 1.13. The lowest BCUT2D eigenvalue weighted by Gasteiger charge is -2.26. The van der Waals surface area contributed by atoms with Crippen LogP contribution in [0.25, 0.3) is 0 Å². The maximum absolute atomic E-state index is 11.7. The largest absolute Gasteiger partial charge is 0.480 e. The summed E-state index contributed by atoms with van der Waals surface area (Å²) >= 11 is 0. The van der Waals surface area contributed by atoms with Gasteiger partial charge in [0, 0.05) is 0 Å². The molecule has 0 aliphatic heterocycles. The van der Waals surface area contributed by atoms with Crippen molar-refractivity contribution < 1.29 is 19.5 Å². The first kappa shape index (κ1) is 16.3. The summed E-state index contributed by atoms with van der Waals surface area (Å²) in [5.74, 6) is -2.01. The van der Waals surface area contributed by atoms with Crippen LogP contribution in [-0.4, -0.2) is 72.6 Å². The van der Waals surface area contributed by atoms with Crippen molar-refractivity contribution in [3.63, 3.8) is 0 Å². The van der Waals surface area contributed by atoms with E-state index >= 15 is 0 Å². The van der Waals surface area contributed by atoms with Crippen LogP contribution in [0, 0.1) is 0 Å². The molecule has 0 aliphatic carbocycles. The van der Waals surface area contributed by atoms with Gasteiger partial charge in [-0.1, -0.05) is 6.92 Å². The topological polar surface area (TPSA) is 116 Å². The first-order chi connectivity index (χ1) is 8.40. The van der Waals surface area contributed by atoms with Crippen LogP contribution in [0.5, 0.6) is 0 Å². The van der Waals surface area contributed by atoms with Crippen molar-refractivity contribution in [2.24, 2.45) is 5.73 Å². The van der Waals surface area contributed by atoms with E-state index in [1.165, 1.54) is 0 Å². The molecular formula is C10H20N4O4. The second-order valence-corrected chi connectivity index (χ2v) is 3.78. The second-order valence-electron chi connectivity index (χ2n) is 3.78. The summed E-state index contributed by atoms with van der Waals surface area (Å²) in [7, 11) is 1.76. The van der Waals surface area contributed by atoms with E-state index in [0.29, 0.717) is 6.54 Å². The molecule has 18 heavy (non-hydrogen) atoms. The van der Waals surface area contributed by atoms with E-state index in [1.54, 1.807) is 11.9 Å². The van der Waals surface area contributed by atoms with E-state index in [1.807, 2.05) is 6.92 Å². The highest BCUT2D eigenvalue weighted by Gasteiger charge is 2.18. The smallest absolute Gasteiger partial charge is 0.323 e. The molecule has 0 aliphatic rings. The zero-order chi connectivity index (χ0) is 14.1. The average molecular weight is 260 g/mol. The van der Waals surface area contributed by atoms with Gasteiger partial charge in [-0.2, -0.15) is 0 Å². The molecule has 0 aromatic rings. The number of carboxylic acids is 1. The molecule has 0 unspecified atom stereocenters. The van der Waals surface area contributed by atoms with E-state index in [-0.39, 0.29) is 19.8 Å². The molecule has 0 radical (unpaired) electrons. The Morgan fingerprint density at radius 1 is 1.33 bits per heavy atom. The summed E-state index contributed by atoms with van der Waals surface area (Å²) in [6.07, 6.45) is 0. The second kappa shape index (κ2) is 8.43. The number of hydrogen-bond donors (Lipinski definition) is 3. The van der Waals surface area contributed by atoms with E-state index in [9.17, 15) is 14.4 Å². The standard InChI is InChI=1S/C10H20N4O4/c1-3-13(2)7-14(6-10(17)18)9(16)5-12-8(15)4-11/h3-7,11H2,1-2H3,(H,12,15)(H,17,18). The van der Waals surface area contributed by atoms with Crippen LogP contribution in [0.2, 0.25) is 0 Å². The van der Waals surface area contributed by atoms with Crippen LogP contribution in [0.1, 0.15) is 6.92 Å². The lowest BCUT2D eigenvalue weighted by atomic mass is 10.4.